The topological polar surface area (TPSA) is 63.2 Å². The molecule has 0 spiro atoms. The van der Waals surface area contributed by atoms with E-state index in [9.17, 15) is 18.0 Å². The van der Waals surface area contributed by atoms with Crippen LogP contribution < -0.4 is 10.6 Å². The molecule has 1 aromatic heterocycles. The van der Waals surface area contributed by atoms with Gasteiger partial charge in [0.1, 0.15) is 5.69 Å². The third-order valence-corrected chi connectivity index (χ3v) is 4.41. The Balaban J connectivity index is 1.62. The van der Waals surface area contributed by atoms with Gasteiger partial charge in [-0.05, 0) is 43.2 Å². The van der Waals surface area contributed by atoms with E-state index in [1.165, 1.54) is 18.3 Å². The minimum absolute atomic E-state index is 0.0147. The predicted octanol–water partition coefficient (Wildman–Crippen LogP) is 4.60. The van der Waals surface area contributed by atoms with Crippen LogP contribution in [0.1, 0.15) is 28.9 Å². The fraction of sp³-hybridized carbons (Fsp3) is 0.333. The van der Waals surface area contributed by atoms with Crippen LogP contribution in [0.2, 0.25) is 5.02 Å². The van der Waals surface area contributed by atoms with Gasteiger partial charge in [0.25, 0.3) is 5.91 Å². The molecule has 1 saturated heterocycles. The maximum atomic E-state index is 12.9. The number of carbonyl (C=O) groups excluding carboxylic acids is 1. The van der Waals surface area contributed by atoms with E-state index in [0.29, 0.717) is 6.54 Å². The molecule has 3 rings (SSSR count). The highest BCUT2D eigenvalue weighted by atomic mass is 35.5. The summed E-state index contributed by atoms with van der Waals surface area (Å²) in [5.41, 5.74) is -0.211. The van der Waals surface area contributed by atoms with Crippen molar-refractivity contribution >= 4 is 28.9 Å². The minimum atomic E-state index is -4.60. The normalized spacial score (nSPS) is 17.0. The summed E-state index contributed by atoms with van der Waals surface area (Å²) < 4.78 is 44.2. The van der Waals surface area contributed by atoms with Gasteiger partial charge in [0, 0.05) is 18.8 Å². The lowest BCUT2D eigenvalue weighted by molar-refractivity contribution is -0.137. The van der Waals surface area contributed by atoms with Gasteiger partial charge in [-0.15, -0.1) is 0 Å². The molecule has 144 valence electrons. The number of ether oxygens (including phenoxy) is 1. The number of anilines is 2. The number of amides is 1. The van der Waals surface area contributed by atoms with Crippen molar-refractivity contribution in [3.63, 3.8) is 0 Å². The van der Waals surface area contributed by atoms with E-state index in [4.69, 9.17) is 16.3 Å². The van der Waals surface area contributed by atoms with Crippen molar-refractivity contribution in [3.05, 3.63) is 52.8 Å². The molecule has 1 aliphatic rings. The van der Waals surface area contributed by atoms with E-state index in [2.05, 4.69) is 15.6 Å². The second-order valence-corrected chi connectivity index (χ2v) is 6.50. The van der Waals surface area contributed by atoms with Gasteiger partial charge in [-0.3, -0.25) is 4.79 Å². The van der Waals surface area contributed by atoms with Crippen molar-refractivity contribution in [2.45, 2.75) is 25.1 Å². The molecule has 0 saturated carbocycles. The van der Waals surface area contributed by atoms with Crippen LogP contribution in [0.25, 0.3) is 0 Å². The van der Waals surface area contributed by atoms with Gasteiger partial charge in [0.2, 0.25) is 0 Å². The largest absolute Gasteiger partial charge is 0.417 e. The van der Waals surface area contributed by atoms with Crippen LogP contribution >= 0.6 is 11.6 Å². The molecule has 1 unspecified atom stereocenters. The summed E-state index contributed by atoms with van der Waals surface area (Å²) in [6.07, 6.45) is -0.896. The van der Waals surface area contributed by atoms with Gasteiger partial charge in [-0.2, -0.15) is 13.2 Å². The number of hydrogen-bond acceptors (Lipinski definition) is 4. The molecule has 1 amide bonds. The third kappa shape index (κ3) is 5.11. The first kappa shape index (κ1) is 19.4. The second kappa shape index (κ2) is 8.14. The highest BCUT2D eigenvalue weighted by Gasteiger charge is 2.33. The Bertz CT molecular complexity index is 806. The summed E-state index contributed by atoms with van der Waals surface area (Å²) in [4.78, 5) is 16.3. The number of hydrogen-bond donors (Lipinski definition) is 2. The number of benzene rings is 1. The Morgan fingerprint density at radius 2 is 2.04 bits per heavy atom. The molecule has 2 aromatic rings. The van der Waals surface area contributed by atoms with Gasteiger partial charge in [0.15, 0.2) is 0 Å². The van der Waals surface area contributed by atoms with Gasteiger partial charge >= 0.3 is 6.18 Å². The summed E-state index contributed by atoms with van der Waals surface area (Å²) in [7, 11) is 0. The van der Waals surface area contributed by atoms with E-state index in [1.807, 2.05) is 0 Å². The minimum Gasteiger partial charge on any atom is -0.381 e. The van der Waals surface area contributed by atoms with Crippen LogP contribution in [-0.4, -0.2) is 30.1 Å². The number of alkyl halides is 3. The highest BCUT2D eigenvalue weighted by Crippen LogP contribution is 2.36. The van der Waals surface area contributed by atoms with Crippen LogP contribution in [0.3, 0.4) is 0 Å². The Kier molecular flexibility index (Phi) is 5.86. The summed E-state index contributed by atoms with van der Waals surface area (Å²) in [5.74, 6) is -0.615. The van der Waals surface area contributed by atoms with E-state index in [1.54, 1.807) is 6.07 Å². The highest BCUT2D eigenvalue weighted by molar-refractivity contribution is 6.31. The zero-order valence-electron chi connectivity index (χ0n) is 14.1. The SMILES string of the molecule is O=C(Nc1ccc(Cl)c(C(F)(F)F)c1)c1ccc(NCC2CCCO2)cn1. The van der Waals surface area contributed by atoms with Crippen molar-refractivity contribution in [3.8, 4) is 0 Å². The molecule has 0 aliphatic carbocycles. The second-order valence-electron chi connectivity index (χ2n) is 6.09. The molecule has 9 heteroatoms. The molecular formula is C18H17ClF3N3O2. The molecule has 0 radical (unpaired) electrons. The van der Waals surface area contributed by atoms with Crippen molar-refractivity contribution < 1.29 is 22.7 Å². The van der Waals surface area contributed by atoms with Gasteiger partial charge in [-0.1, -0.05) is 11.6 Å². The first-order valence-electron chi connectivity index (χ1n) is 8.32. The van der Waals surface area contributed by atoms with E-state index in [0.717, 1.165) is 37.3 Å². The lowest BCUT2D eigenvalue weighted by atomic mass is 10.2. The van der Waals surface area contributed by atoms with Gasteiger partial charge in [-0.25, -0.2) is 4.98 Å². The van der Waals surface area contributed by atoms with Crippen molar-refractivity contribution in [2.75, 3.05) is 23.8 Å². The Morgan fingerprint density at radius 3 is 2.67 bits per heavy atom. The van der Waals surface area contributed by atoms with Crippen LogP contribution in [0.5, 0.6) is 0 Å². The molecule has 27 heavy (non-hydrogen) atoms. The third-order valence-electron chi connectivity index (χ3n) is 4.08. The zero-order chi connectivity index (χ0) is 19.4. The van der Waals surface area contributed by atoms with Gasteiger partial charge < -0.3 is 15.4 Å². The Labute approximate surface area is 158 Å². The lowest BCUT2D eigenvalue weighted by Gasteiger charge is -2.13. The fourth-order valence-corrected chi connectivity index (χ4v) is 2.91. The summed E-state index contributed by atoms with van der Waals surface area (Å²) >= 11 is 5.57. The molecule has 1 aliphatic heterocycles. The number of carbonyl (C=O) groups is 1. The molecule has 0 bridgehead atoms. The number of halogens is 4. The molecule has 2 N–H and O–H groups in total. The zero-order valence-corrected chi connectivity index (χ0v) is 14.9. The molecular weight excluding hydrogens is 383 g/mol. The maximum Gasteiger partial charge on any atom is 0.417 e. The van der Waals surface area contributed by atoms with Crippen molar-refractivity contribution in [2.24, 2.45) is 0 Å². The first-order chi connectivity index (χ1) is 12.8. The predicted molar refractivity (Wildman–Crippen MR) is 96.1 cm³/mol. The summed E-state index contributed by atoms with van der Waals surface area (Å²) in [6, 6.07) is 6.35. The van der Waals surface area contributed by atoms with Crippen molar-refractivity contribution in [1.29, 1.82) is 0 Å². The number of aromatic nitrogens is 1. The maximum absolute atomic E-state index is 12.9. The van der Waals surface area contributed by atoms with Crippen LogP contribution in [0.15, 0.2) is 36.5 Å². The summed E-state index contributed by atoms with van der Waals surface area (Å²) in [5, 5.41) is 5.14. The fourth-order valence-electron chi connectivity index (χ4n) is 2.69. The number of rotatable bonds is 5. The van der Waals surface area contributed by atoms with E-state index < -0.39 is 22.7 Å². The van der Waals surface area contributed by atoms with Gasteiger partial charge in [0.05, 0.1) is 28.6 Å². The quantitative estimate of drug-likeness (QED) is 0.771. The average molecular weight is 400 g/mol. The molecule has 1 atom stereocenters. The van der Waals surface area contributed by atoms with E-state index >= 15 is 0 Å². The van der Waals surface area contributed by atoms with Crippen molar-refractivity contribution in [1.82, 2.24) is 4.98 Å². The molecule has 1 aromatic carbocycles. The van der Waals surface area contributed by atoms with Crippen LogP contribution in [-0.2, 0) is 10.9 Å². The van der Waals surface area contributed by atoms with Crippen LogP contribution in [0.4, 0.5) is 24.5 Å². The Morgan fingerprint density at radius 1 is 1.26 bits per heavy atom. The number of nitrogens with one attached hydrogen (secondary N) is 2. The standard InChI is InChI=1S/C18H17ClF3N3O2/c19-15-5-3-11(8-14(15)18(20,21)22)25-17(26)16-6-4-12(9-24-16)23-10-13-2-1-7-27-13/h3-6,8-9,13,23H,1-2,7,10H2,(H,25,26). The smallest absolute Gasteiger partial charge is 0.381 e. The van der Waals surface area contributed by atoms with Crippen LogP contribution in [0, 0.1) is 0 Å². The lowest BCUT2D eigenvalue weighted by Crippen LogP contribution is -2.19. The first-order valence-corrected chi connectivity index (χ1v) is 8.70. The Hall–Kier alpha value is -2.32. The molecule has 5 nitrogen and oxygen atoms in total. The monoisotopic (exact) mass is 399 g/mol. The molecule has 1 fully saturated rings. The molecule has 2 heterocycles. The number of nitrogens with zero attached hydrogens (tertiary/aromatic N) is 1. The average Bonchev–Trinajstić information content (AvgIpc) is 3.14. The summed E-state index contributed by atoms with van der Waals surface area (Å²) in [6.45, 7) is 1.42. The number of pyridine rings is 1. The van der Waals surface area contributed by atoms with E-state index in [-0.39, 0.29) is 17.5 Å².